The van der Waals surface area contributed by atoms with E-state index in [0.717, 1.165) is 44.6 Å². The summed E-state index contributed by atoms with van der Waals surface area (Å²) in [4.78, 5) is 4.58. The number of pyridine rings is 1. The van der Waals surface area contributed by atoms with Crippen molar-refractivity contribution in [2.24, 2.45) is 0 Å². The second-order valence-corrected chi connectivity index (χ2v) is 7.23. The predicted octanol–water partition coefficient (Wildman–Crippen LogP) is 5.97. The number of thiophene rings is 1. The number of nitrogens with zero attached hydrogens (tertiary/aromatic N) is 2. The van der Waals surface area contributed by atoms with Crippen LogP contribution in [0.25, 0.3) is 21.7 Å². The van der Waals surface area contributed by atoms with Crippen LogP contribution in [0.1, 0.15) is 5.56 Å². The van der Waals surface area contributed by atoms with Gasteiger partial charge in [-0.2, -0.15) is 16.4 Å². The molecule has 5 rings (SSSR count). The van der Waals surface area contributed by atoms with E-state index in [0.29, 0.717) is 0 Å². The van der Waals surface area contributed by atoms with E-state index >= 15 is 0 Å². The van der Waals surface area contributed by atoms with E-state index in [4.69, 9.17) is 0 Å². The van der Waals surface area contributed by atoms with Crippen LogP contribution in [0.3, 0.4) is 0 Å². The minimum absolute atomic E-state index is 0.833. The quantitative estimate of drug-likeness (QED) is 0.364. The third-order valence-corrected chi connectivity index (χ3v) is 5.33. The molecule has 0 saturated carbocycles. The normalized spacial score (nSPS) is 11.1. The van der Waals surface area contributed by atoms with Gasteiger partial charge >= 0.3 is 0 Å². The molecule has 3 N–H and O–H groups in total. The fourth-order valence-corrected chi connectivity index (χ4v) is 3.85. The predicted molar refractivity (Wildman–Crippen MR) is 113 cm³/mol. The lowest BCUT2D eigenvalue weighted by atomic mass is 10.1. The van der Waals surface area contributed by atoms with E-state index in [1.807, 2.05) is 30.6 Å². The number of hydrogen-bond donors (Lipinski definition) is 3. The van der Waals surface area contributed by atoms with Crippen molar-refractivity contribution in [3.05, 3.63) is 71.2 Å². The first-order valence-electron chi connectivity index (χ1n) is 8.66. The molecule has 0 fully saturated rings. The number of hydrogen-bond acceptors (Lipinski definition) is 5. The smallest absolute Gasteiger partial charge is 0.138 e. The molecule has 6 heteroatoms. The molecule has 5 nitrogen and oxygen atoms in total. The molecule has 132 valence electrons. The molecule has 3 heterocycles. The Morgan fingerprint density at radius 2 is 1.93 bits per heavy atom. The molecular weight excluding hydrogens is 354 g/mol. The molecule has 0 bridgehead atoms. The van der Waals surface area contributed by atoms with Gasteiger partial charge in [-0.25, -0.2) is 4.98 Å². The Bertz CT molecular complexity index is 1240. The van der Waals surface area contributed by atoms with Crippen molar-refractivity contribution in [1.82, 2.24) is 15.2 Å². The summed E-state index contributed by atoms with van der Waals surface area (Å²) >= 11 is 1.68. The second-order valence-electron chi connectivity index (χ2n) is 6.45. The highest BCUT2D eigenvalue weighted by Gasteiger charge is 2.10. The average Bonchev–Trinajstić information content (AvgIpc) is 3.35. The Kier molecular flexibility index (Phi) is 3.76. The number of anilines is 4. The van der Waals surface area contributed by atoms with Crippen LogP contribution in [0.5, 0.6) is 0 Å². The lowest BCUT2D eigenvalue weighted by Gasteiger charge is -2.15. The van der Waals surface area contributed by atoms with Crippen LogP contribution in [0.15, 0.2) is 65.6 Å². The monoisotopic (exact) mass is 371 g/mol. The first-order valence-corrected chi connectivity index (χ1v) is 9.60. The lowest BCUT2D eigenvalue weighted by Crippen LogP contribution is -1.98. The molecule has 0 amide bonds. The molecule has 0 radical (unpaired) electrons. The standard InChI is InChI=1S/C21H17N5S/c1-13-2-5-18-17(20(13)24-16-7-9-27-12-16)6-8-22-21(18)25-15-4-3-14-11-23-26-19(14)10-15/h2-12,24H,1H3,(H,22,25)(H,23,26). The third kappa shape index (κ3) is 2.90. The summed E-state index contributed by atoms with van der Waals surface area (Å²) in [6.45, 7) is 2.12. The number of nitrogens with one attached hydrogen (secondary N) is 3. The minimum atomic E-state index is 0.833. The maximum Gasteiger partial charge on any atom is 0.138 e. The van der Waals surface area contributed by atoms with Crippen molar-refractivity contribution in [3.8, 4) is 0 Å². The highest BCUT2D eigenvalue weighted by atomic mass is 32.1. The van der Waals surface area contributed by atoms with E-state index in [9.17, 15) is 0 Å². The second kappa shape index (κ2) is 6.41. The van der Waals surface area contributed by atoms with Gasteiger partial charge in [-0.05, 0) is 48.2 Å². The number of benzene rings is 2. The Morgan fingerprint density at radius 1 is 0.963 bits per heavy atom. The van der Waals surface area contributed by atoms with Gasteiger partial charge in [-0.3, -0.25) is 5.10 Å². The van der Waals surface area contributed by atoms with Crippen LogP contribution in [0.4, 0.5) is 22.9 Å². The minimum Gasteiger partial charge on any atom is -0.354 e. The zero-order chi connectivity index (χ0) is 18.2. The van der Waals surface area contributed by atoms with Crippen LogP contribution < -0.4 is 10.6 Å². The van der Waals surface area contributed by atoms with Gasteiger partial charge in [0.15, 0.2) is 0 Å². The van der Waals surface area contributed by atoms with Gasteiger partial charge < -0.3 is 10.6 Å². The van der Waals surface area contributed by atoms with Crippen molar-refractivity contribution >= 4 is 55.9 Å². The van der Waals surface area contributed by atoms with Gasteiger partial charge in [0.05, 0.1) is 11.7 Å². The summed E-state index contributed by atoms with van der Waals surface area (Å²) in [6, 6.07) is 14.5. The summed E-state index contributed by atoms with van der Waals surface area (Å²) in [7, 11) is 0. The van der Waals surface area contributed by atoms with Gasteiger partial charge in [0, 0.05) is 44.8 Å². The molecule has 2 aromatic carbocycles. The molecule has 0 saturated heterocycles. The Balaban J connectivity index is 1.58. The first kappa shape index (κ1) is 15.8. The van der Waals surface area contributed by atoms with E-state index in [2.05, 4.69) is 67.8 Å². The van der Waals surface area contributed by atoms with Crippen molar-refractivity contribution in [3.63, 3.8) is 0 Å². The number of aromatic nitrogens is 3. The fraction of sp³-hybridized carbons (Fsp3) is 0.0476. The lowest BCUT2D eigenvalue weighted by molar-refractivity contribution is 1.12. The Morgan fingerprint density at radius 3 is 2.81 bits per heavy atom. The topological polar surface area (TPSA) is 65.6 Å². The number of H-pyrrole nitrogens is 1. The van der Waals surface area contributed by atoms with Crippen LogP contribution in [0.2, 0.25) is 0 Å². The molecule has 3 aromatic heterocycles. The summed E-state index contributed by atoms with van der Waals surface area (Å²) < 4.78 is 0. The Hall–Kier alpha value is -3.38. The highest BCUT2D eigenvalue weighted by molar-refractivity contribution is 7.08. The molecule has 27 heavy (non-hydrogen) atoms. The largest absolute Gasteiger partial charge is 0.354 e. The Labute approximate surface area is 160 Å². The third-order valence-electron chi connectivity index (χ3n) is 4.65. The molecule has 0 aliphatic carbocycles. The van der Waals surface area contributed by atoms with Gasteiger partial charge in [0.2, 0.25) is 0 Å². The van der Waals surface area contributed by atoms with E-state index in [-0.39, 0.29) is 0 Å². The molecule has 5 aromatic rings. The number of aryl methyl sites for hydroxylation is 1. The van der Waals surface area contributed by atoms with Crippen LogP contribution in [-0.2, 0) is 0 Å². The van der Waals surface area contributed by atoms with E-state index in [1.54, 1.807) is 11.3 Å². The van der Waals surface area contributed by atoms with Crippen LogP contribution >= 0.6 is 11.3 Å². The maximum atomic E-state index is 4.58. The summed E-state index contributed by atoms with van der Waals surface area (Å²) in [5, 5.41) is 21.6. The average molecular weight is 371 g/mol. The van der Waals surface area contributed by atoms with Crippen LogP contribution in [0, 0.1) is 6.92 Å². The zero-order valence-electron chi connectivity index (χ0n) is 14.7. The summed E-state index contributed by atoms with van der Waals surface area (Å²) in [5.41, 5.74) is 5.38. The van der Waals surface area contributed by atoms with Gasteiger partial charge in [-0.1, -0.05) is 12.1 Å². The maximum absolute atomic E-state index is 4.58. The van der Waals surface area contributed by atoms with Crippen molar-refractivity contribution in [2.75, 3.05) is 10.6 Å². The summed E-state index contributed by atoms with van der Waals surface area (Å²) in [6.07, 6.45) is 3.66. The summed E-state index contributed by atoms with van der Waals surface area (Å²) in [5.74, 6) is 0.833. The van der Waals surface area contributed by atoms with Gasteiger partial charge in [-0.15, -0.1) is 0 Å². The molecule has 0 aliphatic rings. The SMILES string of the molecule is Cc1ccc2c(Nc3ccc4cn[nH]c4c3)nccc2c1Nc1ccsc1. The van der Waals surface area contributed by atoms with Gasteiger partial charge in [0.25, 0.3) is 0 Å². The van der Waals surface area contributed by atoms with Gasteiger partial charge in [0.1, 0.15) is 5.82 Å². The van der Waals surface area contributed by atoms with E-state index in [1.165, 1.54) is 5.56 Å². The van der Waals surface area contributed by atoms with Crippen molar-refractivity contribution in [1.29, 1.82) is 0 Å². The van der Waals surface area contributed by atoms with E-state index < -0.39 is 0 Å². The molecule has 0 spiro atoms. The molecule has 0 aliphatic heterocycles. The molecule has 0 unspecified atom stereocenters. The highest BCUT2D eigenvalue weighted by Crippen LogP contribution is 2.34. The number of fused-ring (bicyclic) bond motifs is 2. The van der Waals surface area contributed by atoms with Crippen molar-refractivity contribution < 1.29 is 0 Å². The zero-order valence-corrected chi connectivity index (χ0v) is 15.5. The van der Waals surface area contributed by atoms with Crippen molar-refractivity contribution in [2.45, 2.75) is 6.92 Å². The number of rotatable bonds is 4. The molecular formula is C21H17N5S. The number of aromatic amines is 1. The fourth-order valence-electron chi connectivity index (χ4n) is 3.26. The first-order chi connectivity index (χ1) is 13.3. The van der Waals surface area contributed by atoms with Crippen LogP contribution in [-0.4, -0.2) is 15.2 Å². The molecule has 0 atom stereocenters.